The number of anilines is 1. The maximum absolute atomic E-state index is 13.2. The number of phenolic OH excluding ortho intramolecular Hbond substituents is 1. The molecule has 1 N–H and O–H groups in total. The number of phenols is 1. The second kappa shape index (κ2) is 10.5. The fraction of sp³-hybridized carbons (Fsp3) is 0.214. The third-order valence-electron chi connectivity index (χ3n) is 6.42. The topological polar surface area (TPSA) is 92.5 Å². The predicted octanol–water partition coefficient (Wildman–Crippen LogP) is 5.05. The van der Waals surface area contributed by atoms with E-state index < -0.39 is 5.97 Å². The van der Waals surface area contributed by atoms with Crippen LogP contribution in [0.1, 0.15) is 15.9 Å². The normalized spacial score (nSPS) is 14.1. The monoisotopic (exact) mass is 520 g/mol. The average molecular weight is 521 g/mol. The van der Waals surface area contributed by atoms with Gasteiger partial charge >= 0.3 is 5.97 Å². The van der Waals surface area contributed by atoms with Crippen molar-refractivity contribution in [3.63, 3.8) is 0 Å². The van der Waals surface area contributed by atoms with Crippen LogP contribution in [0.3, 0.4) is 0 Å². The molecular weight excluding hydrogens is 496 g/mol. The van der Waals surface area contributed by atoms with Crippen molar-refractivity contribution in [3.8, 4) is 17.2 Å². The average Bonchev–Trinajstić information content (AvgIpc) is 2.92. The van der Waals surface area contributed by atoms with Crippen LogP contribution in [0.25, 0.3) is 11.0 Å². The Labute approximate surface area is 218 Å². The summed E-state index contributed by atoms with van der Waals surface area (Å²) >= 11 is 6.14. The molecule has 1 aliphatic rings. The molecule has 0 spiro atoms. The van der Waals surface area contributed by atoms with E-state index in [-0.39, 0.29) is 16.9 Å². The molecule has 190 valence electrons. The van der Waals surface area contributed by atoms with E-state index in [1.165, 1.54) is 25.5 Å². The first-order valence-corrected chi connectivity index (χ1v) is 12.2. The molecule has 0 aliphatic carbocycles. The minimum absolute atomic E-state index is 0.00472. The van der Waals surface area contributed by atoms with Gasteiger partial charge in [0.25, 0.3) is 0 Å². The Hall–Kier alpha value is -4.01. The molecule has 0 radical (unpaired) electrons. The van der Waals surface area contributed by atoms with Gasteiger partial charge in [0.05, 0.1) is 23.6 Å². The number of hydrogen-bond donors (Lipinski definition) is 1. The first kappa shape index (κ1) is 24.7. The van der Waals surface area contributed by atoms with E-state index in [1.54, 1.807) is 24.3 Å². The molecule has 3 aromatic carbocycles. The quantitative estimate of drug-likeness (QED) is 0.353. The van der Waals surface area contributed by atoms with E-state index in [0.29, 0.717) is 39.4 Å². The number of methoxy groups -OCH3 is 1. The van der Waals surface area contributed by atoms with E-state index in [1.807, 2.05) is 24.3 Å². The maximum atomic E-state index is 13.2. The van der Waals surface area contributed by atoms with Crippen LogP contribution < -0.4 is 15.1 Å². The van der Waals surface area contributed by atoms with Gasteiger partial charge in [0.2, 0.25) is 11.2 Å². The second-order valence-electron chi connectivity index (χ2n) is 8.73. The van der Waals surface area contributed by atoms with E-state index in [4.69, 9.17) is 25.5 Å². The second-order valence-corrected chi connectivity index (χ2v) is 9.17. The van der Waals surface area contributed by atoms with Crippen molar-refractivity contribution in [2.45, 2.75) is 6.54 Å². The van der Waals surface area contributed by atoms with E-state index in [0.717, 1.165) is 31.9 Å². The number of fused-ring (bicyclic) bond motifs is 1. The molecule has 0 bridgehead atoms. The number of hydrogen-bond acceptors (Lipinski definition) is 8. The summed E-state index contributed by atoms with van der Waals surface area (Å²) in [5, 5.41) is 11.6. The van der Waals surface area contributed by atoms with E-state index in [9.17, 15) is 14.7 Å². The summed E-state index contributed by atoms with van der Waals surface area (Å²) in [6.07, 6.45) is 1.25. The third kappa shape index (κ3) is 5.26. The standard InChI is InChI=1S/C28H25ClN2O6/c1-35-28(34)18-5-7-21(8-6-18)37-25-17-36-27-22(26(25)33)9-10-24(32)23(27)16-30-11-13-31(14-12-30)20-4-2-3-19(29)15-20/h2-10,15,17,32H,11-14,16H2,1H3. The SMILES string of the molecule is COC(=O)c1ccc(Oc2coc3c(CN4CCN(c5cccc(Cl)c5)CC4)c(O)ccc3c2=O)cc1. The van der Waals surface area contributed by atoms with Crippen molar-refractivity contribution in [1.29, 1.82) is 0 Å². The lowest BCUT2D eigenvalue weighted by Crippen LogP contribution is -2.46. The molecule has 8 nitrogen and oxygen atoms in total. The van der Waals surface area contributed by atoms with Gasteiger partial charge in [-0.1, -0.05) is 17.7 Å². The molecule has 0 saturated carbocycles. The van der Waals surface area contributed by atoms with E-state index >= 15 is 0 Å². The maximum Gasteiger partial charge on any atom is 0.337 e. The Morgan fingerprint density at radius 1 is 1.05 bits per heavy atom. The number of carbonyl (C=O) groups excluding carboxylic acids is 1. The van der Waals surface area contributed by atoms with Gasteiger partial charge in [-0.05, 0) is 54.6 Å². The lowest BCUT2D eigenvalue weighted by molar-refractivity contribution is 0.0600. The Kier molecular flexibility index (Phi) is 7.03. The number of benzene rings is 3. The zero-order valence-electron chi connectivity index (χ0n) is 20.1. The highest BCUT2D eigenvalue weighted by Crippen LogP contribution is 2.30. The predicted molar refractivity (Wildman–Crippen MR) is 141 cm³/mol. The van der Waals surface area contributed by atoms with Gasteiger partial charge in [-0.3, -0.25) is 9.69 Å². The molecular formula is C28H25ClN2O6. The fourth-order valence-electron chi connectivity index (χ4n) is 4.42. The van der Waals surface area contributed by atoms with Crippen molar-refractivity contribution >= 4 is 34.2 Å². The molecule has 0 atom stereocenters. The highest BCUT2D eigenvalue weighted by atomic mass is 35.5. The van der Waals surface area contributed by atoms with Crippen molar-refractivity contribution in [3.05, 3.63) is 93.3 Å². The Balaban J connectivity index is 1.33. The Morgan fingerprint density at radius 3 is 2.51 bits per heavy atom. The zero-order valence-corrected chi connectivity index (χ0v) is 20.9. The van der Waals surface area contributed by atoms with Crippen molar-refractivity contribution in [1.82, 2.24) is 4.90 Å². The van der Waals surface area contributed by atoms with Crippen molar-refractivity contribution < 1.29 is 23.8 Å². The van der Waals surface area contributed by atoms with Crippen molar-refractivity contribution in [2.24, 2.45) is 0 Å². The summed E-state index contributed by atoms with van der Waals surface area (Å²) < 4.78 is 16.2. The molecule has 1 aromatic heterocycles. The lowest BCUT2D eigenvalue weighted by atomic mass is 10.1. The molecule has 2 heterocycles. The number of ether oxygens (including phenoxy) is 2. The van der Waals surface area contributed by atoms with Gasteiger partial charge in [0, 0.05) is 43.4 Å². The number of esters is 1. The smallest absolute Gasteiger partial charge is 0.337 e. The number of carbonyl (C=O) groups is 1. The molecule has 1 saturated heterocycles. The van der Waals surface area contributed by atoms with Crippen LogP contribution in [0.4, 0.5) is 5.69 Å². The number of rotatable bonds is 6. The highest BCUT2D eigenvalue weighted by Gasteiger charge is 2.22. The number of halogens is 1. The number of aromatic hydroxyl groups is 1. The van der Waals surface area contributed by atoms with Gasteiger partial charge in [-0.25, -0.2) is 4.79 Å². The van der Waals surface area contributed by atoms with Gasteiger partial charge in [0.15, 0.2) is 0 Å². The molecule has 5 rings (SSSR count). The Bertz CT molecular complexity index is 1490. The fourth-order valence-corrected chi connectivity index (χ4v) is 4.60. The summed E-state index contributed by atoms with van der Waals surface area (Å²) in [6, 6.07) is 17.1. The largest absolute Gasteiger partial charge is 0.507 e. The molecule has 4 aromatic rings. The van der Waals surface area contributed by atoms with Crippen LogP contribution in [0.2, 0.25) is 5.02 Å². The molecule has 1 fully saturated rings. The van der Waals surface area contributed by atoms with Crippen molar-refractivity contribution in [2.75, 3.05) is 38.2 Å². The van der Waals surface area contributed by atoms with E-state index in [2.05, 4.69) is 9.80 Å². The summed E-state index contributed by atoms with van der Waals surface area (Å²) in [4.78, 5) is 29.3. The number of nitrogens with zero attached hydrogens (tertiary/aromatic N) is 2. The summed E-state index contributed by atoms with van der Waals surface area (Å²) in [5.41, 5.74) is 1.98. The zero-order chi connectivity index (χ0) is 25.9. The van der Waals surface area contributed by atoms with Crippen LogP contribution in [0, 0.1) is 0 Å². The summed E-state index contributed by atoms with van der Waals surface area (Å²) in [6.45, 7) is 3.60. The molecule has 0 amide bonds. The molecule has 9 heteroatoms. The van der Waals surface area contributed by atoms with Gasteiger partial charge in [-0.15, -0.1) is 0 Å². The molecule has 37 heavy (non-hydrogen) atoms. The first-order valence-electron chi connectivity index (χ1n) is 11.8. The van der Waals surface area contributed by atoms with Crippen LogP contribution in [-0.2, 0) is 11.3 Å². The minimum atomic E-state index is -0.463. The van der Waals surface area contributed by atoms with Crippen LogP contribution >= 0.6 is 11.6 Å². The summed E-state index contributed by atoms with van der Waals surface area (Å²) in [7, 11) is 1.31. The lowest BCUT2D eigenvalue weighted by Gasteiger charge is -2.36. The molecule has 1 aliphatic heterocycles. The number of piperazine rings is 1. The van der Waals surface area contributed by atoms with Crippen LogP contribution in [0.15, 0.2) is 76.1 Å². The third-order valence-corrected chi connectivity index (χ3v) is 6.65. The van der Waals surface area contributed by atoms with Gasteiger partial charge in [-0.2, -0.15) is 0 Å². The van der Waals surface area contributed by atoms with Crippen LogP contribution in [0.5, 0.6) is 17.2 Å². The van der Waals surface area contributed by atoms with Gasteiger partial charge < -0.3 is 23.9 Å². The van der Waals surface area contributed by atoms with Crippen LogP contribution in [-0.4, -0.2) is 49.3 Å². The summed E-state index contributed by atoms with van der Waals surface area (Å²) in [5.74, 6) is -0.0176. The first-order chi connectivity index (χ1) is 17.9. The highest BCUT2D eigenvalue weighted by molar-refractivity contribution is 6.30. The molecule has 0 unspecified atom stereocenters. The minimum Gasteiger partial charge on any atom is -0.507 e. The van der Waals surface area contributed by atoms with Gasteiger partial charge in [0.1, 0.15) is 23.3 Å². The Morgan fingerprint density at radius 2 is 1.81 bits per heavy atom.